The van der Waals surface area contributed by atoms with E-state index in [1.807, 2.05) is 24.3 Å². The van der Waals surface area contributed by atoms with Crippen molar-refractivity contribution in [3.05, 3.63) is 47.3 Å². The summed E-state index contributed by atoms with van der Waals surface area (Å²) in [6.45, 7) is 0. The van der Waals surface area contributed by atoms with Gasteiger partial charge in [0.05, 0.1) is 21.3 Å². The molecular weight excluding hydrogens is 354 g/mol. The summed E-state index contributed by atoms with van der Waals surface area (Å²) in [6.07, 6.45) is 0. The zero-order chi connectivity index (χ0) is 18.5. The highest BCUT2D eigenvalue weighted by Crippen LogP contribution is 2.31. The van der Waals surface area contributed by atoms with Gasteiger partial charge in [-0.1, -0.05) is 4.49 Å². The summed E-state index contributed by atoms with van der Waals surface area (Å²) in [5.41, 5.74) is 1.90. The molecule has 1 heterocycles. The Hall–Kier alpha value is -3.13. The Balaban J connectivity index is 1.84. The molecule has 3 aromatic rings. The number of carbonyl (C=O) groups is 1. The lowest BCUT2D eigenvalue weighted by Crippen LogP contribution is -2.11. The summed E-state index contributed by atoms with van der Waals surface area (Å²) in [7, 11) is 4.69. The number of rotatable bonds is 6. The number of hydrogen-bond acceptors (Lipinski definition) is 7. The first-order valence-electron chi connectivity index (χ1n) is 7.66. The normalized spacial score (nSPS) is 10.3. The molecule has 1 amide bonds. The molecule has 0 saturated carbocycles. The largest absolute Gasteiger partial charge is 0.497 e. The third kappa shape index (κ3) is 3.60. The van der Waals surface area contributed by atoms with Crippen LogP contribution in [0.2, 0.25) is 0 Å². The standard InChI is InChI=1S/C18H17N3O4S/c1-23-13-7-4-11(5-8-13)16-17(26-21-20-16)18(22)19-12-6-9-14(24-2)15(10-12)25-3/h4-10H,1-3H3,(H,19,22). The molecule has 0 spiro atoms. The van der Waals surface area contributed by atoms with Crippen LogP contribution in [0.1, 0.15) is 9.67 Å². The van der Waals surface area contributed by atoms with Gasteiger partial charge in [-0.3, -0.25) is 4.79 Å². The smallest absolute Gasteiger partial charge is 0.269 e. The van der Waals surface area contributed by atoms with Crippen LogP contribution >= 0.6 is 11.5 Å². The van der Waals surface area contributed by atoms with Crippen molar-refractivity contribution >= 4 is 23.1 Å². The minimum atomic E-state index is -0.293. The summed E-state index contributed by atoms with van der Waals surface area (Å²) in [6, 6.07) is 12.4. The number of methoxy groups -OCH3 is 3. The molecule has 0 aliphatic carbocycles. The summed E-state index contributed by atoms with van der Waals surface area (Å²) >= 11 is 1.04. The fourth-order valence-corrected chi connectivity index (χ4v) is 2.96. The molecule has 0 unspecified atom stereocenters. The van der Waals surface area contributed by atoms with Crippen LogP contribution in [-0.4, -0.2) is 36.8 Å². The predicted octanol–water partition coefficient (Wildman–Crippen LogP) is 3.48. The van der Waals surface area contributed by atoms with Gasteiger partial charge in [-0.25, -0.2) is 0 Å². The Morgan fingerprint density at radius 1 is 0.962 bits per heavy atom. The maximum Gasteiger partial charge on any atom is 0.269 e. The molecule has 0 aliphatic rings. The fourth-order valence-electron chi connectivity index (χ4n) is 2.38. The molecule has 8 heteroatoms. The summed E-state index contributed by atoms with van der Waals surface area (Å²) in [5.74, 6) is 1.55. The van der Waals surface area contributed by atoms with Crippen LogP contribution in [0.25, 0.3) is 11.3 Å². The van der Waals surface area contributed by atoms with Crippen LogP contribution in [0.5, 0.6) is 17.2 Å². The second kappa shape index (κ2) is 7.83. The molecule has 0 radical (unpaired) electrons. The van der Waals surface area contributed by atoms with Crippen LogP contribution in [0.4, 0.5) is 5.69 Å². The average molecular weight is 371 g/mol. The highest BCUT2D eigenvalue weighted by Gasteiger charge is 2.18. The second-order valence-corrected chi connectivity index (χ2v) is 5.96. The molecule has 3 rings (SSSR count). The summed E-state index contributed by atoms with van der Waals surface area (Å²) in [5, 5.41) is 6.92. The Morgan fingerprint density at radius 2 is 1.69 bits per heavy atom. The first-order valence-corrected chi connectivity index (χ1v) is 8.43. The van der Waals surface area contributed by atoms with E-state index in [0.717, 1.165) is 22.8 Å². The van der Waals surface area contributed by atoms with E-state index in [1.54, 1.807) is 39.5 Å². The van der Waals surface area contributed by atoms with E-state index in [9.17, 15) is 4.79 Å². The number of aromatic nitrogens is 2. The Labute approximate surface area is 154 Å². The topological polar surface area (TPSA) is 82.6 Å². The molecule has 0 aliphatic heterocycles. The maximum atomic E-state index is 12.7. The molecule has 1 N–H and O–H groups in total. The van der Waals surface area contributed by atoms with Gasteiger partial charge in [0, 0.05) is 17.3 Å². The molecule has 1 aromatic heterocycles. The quantitative estimate of drug-likeness (QED) is 0.714. The Kier molecular flexibility index (Phi) is 5.33. The SMILES string of the molecule is COc1ccc(-c2nnsc2C(=O)Nc2ccc(OC)c(OC)c2)cc1. The first-order chi connectivity index (χ1) is 12.7. The zero-order valence-electron chi connectivity index (χ0n) is 14.5. The van der Waals surface area contributed by atoms with Crippen molar-refractivity contribution in [3.8, 4) is 28.5 Å². The lowest BCUT2D eigenvalue weighted by molar-refractivity contribution is 0.103. The number of benzene rings is 2. The van der Waals surface area contributed by atoms with Crippen molar-refractivity contribution in [3.63, 3.8) is 0 Å². The van der Waals surface area contributed by atoms with Crippen molar-refractivity contribution in [1.82, 2.24) is 9.59 Å². The molecule has 0 bridgehead atoms. The first kappa shape index (κ1) is 17.7. The molecular formula is C18H17N3O4S. The van der Waals surface area contributed by atoms with Crippen LogP contribution < -0.4 is 19.5 Å². The van der Waals surface area contributed by atoms with Crippen molar-refractivity contribution in [1.29, 1.82) is 0 Å². The average Bonchev–Trinajstić information content (AvgIpc) is 3.18. The molecule has 2 aromatic carbocycles. The van der Waals surface area contributed by atoms with Gasteiger partial charge in [0.1, 0.15) is 16.3 Å². The predicted molar refractivity (Wildman–Crippen MR) is 99.4 cm³/mol. The Morgan fingerprint density at radius 3 is 2.35 bits per heavy atom. The van der Waals surface area contributed by atoms with E-state index in [0.29, 0.717) is 27.8 Å². The van der Waals surface area contributed by atoms with E-state index in [4.69, 9.17) is 14.2 Å². The number of amides is 1. The van der Waals surface area contributed by atoms with Crippen LogP contribution in [-0.2, 0) is 0 Å². The minimum Gasteiger partial charge on any atom is -0.497 e. The third-order valence-corrected chi connectivity index (χ3v) is 4.42. The van der Waals surface area contributed by atoms with Crippen LogP contribution in [0, 0.1) is 0 Å². The summed E-state index contributed by atoms with van der Waals surface area (Å²) < 4.78 is 19.5. The van der Waals surface area contributed by atoms with E-state index in [-0.39, 0.29) is 5.91 Å². The summed E-state index contributed by atoms with van der Waals surface area (Å²) in [4.78, 5) is 13.1. The lowest BCUT2D eigenvalue weighted by atomic mass is 10.1. The highest BCUT2D eigenvalue weighted by atomic mass is 32.1. The molecule has 134 valence electrons. The van der Waals surface area contributed by atoms with E-state index < -0.39 is 0 Å². The number of anilines is 1. The number of nitrogens with one attached hydrogen (secondary N) is 1. The van der Waals surface area contributed by atoms with E-state index in [2.05, 4.69) is 14.9 Å². The van der Waals surface area contributed by atoms with Gasteiger partial charge in [-0.2, -0.15) is 0 Å². The van der Waals surface area contributed by atoms with E-state index >= 15 is 0 Å². The monoisotopic (exact) mass is 371 g/mol. The molecule has 26 heavy (non-hydrogen) atoms. The molecule has 0 saturated heterocycles. The Bertz CT molecular complexity index is 909. The molecule has 0 fully saturated rings. The maximum absolute atomic E-state index is 12.7. The van der Waals surface area contributed by atoms with Gasteiger partial charge in [0.2, 0.25) is 0 Å². The van der Waals surface area contributed by atoms with Gasteiger partial charge in [0.15, 0.2) is 11.5 Å². The van der Waals surface area contributed by atoms with Gasteiger partial charge in [-0.15, -0.1) is 5.10 Å². The number of nitrogens with zero attached hydrogens (tertiary/aromatic N) is 2. The molecule has 7 nitrogen and oxygen atoms in total. The third-order valence-electron chi connectivity index (χ3n) is 3.70. The number of ether oxygens (including phenoxy) is 3. The molecule has 0 atom stereocenters. The highest BCUT2D eigenvalue weighted by molar-refractivity contribution is 7.08. The van der Waals surface area contributed by atoms with Crippen LogP contribution in [0.3, 0.4) is 0 Å². The van der Waals surface area contributed by atoms with Crippen molar-refractivity contribution in [2.75, 3.05) is 26.6 Å². The second-order valence-electron chi connectivity index (χ2n) is 5.20. The van der Waals surface area contributed by atoms with Gasteiger partial charge in [0.25, 0.3) is 5.91 Å². The number of carbonyl (C=O) groups excluding carboxylic acids is 1. The van der Waals surface area contributed by atoms with E-state index in [1.165, 1.54) is 0 Å². The van der Waals surface area contributed by atoms with Gasteiger partial charge >= 0.3 is 0 Å². The lowest BCUT2D eigenvalue weighted by Gasteiger charge is -2.10. The van der Waals surface area contributed by atoms with Gasteiger partial charge < -0.3 is 19.5 Å². The minimum absolute atomic E-state index is 0.293. The zero-order valence-corrected chi connectivity index (χ0v) is 15.3. The number of hydrogen-bond donors (Lipinski definition) is 1. The van der Waals surface area contributed by atoms with Crippen molar-refractivity contribution in [2.45, 2.75) is 0 Å². The van der Waals surface area contributed by atoms with Crippen LogP contribution in [0.15, 0.2) is 42.5 Å². The van der Waals surface area contributed by atoms with Crippen molar-refractivity contribution < 1.29 is 19.0 Å². The van der Waals surface area contributed by atoms with Gasteiger partial charge in [-0.05, 0) is 47.9 Å². The van der Waals surface area contributed by atoms with Crippen molar-refractivity contribution in [2.24, 2.45) is 0 Å². The fraction of sp³-hybridized carbons (Fsp3) is 0.167.